The lowest BCUT2D eigenvalue weighted by atomic mass is 10.2. The number of amides is 1. The summed E-state index contributed by atoms with van der Waals surface area (Å²) in [6.45, 7) is 3.38. The largest absolute Gasteiger partial charge is 0.480 e. The fraction of sp³-hybridized carbons (Fsp3) is 0.400. The van der Waals surface area contributed by atoms with Crippen molar-refractivity contribution in [1.29, 1.82) is 0 Å². The zero-order valence-electron chi connectivity index (χ0n) is 8.85. The van der Waals surface area contributed by atoms with Gasteiger partial charge in [0.1, 0.15) is 6.04 Å². The van der Waals surface area contributed by atoms with Gasteiger partial charge in [-0.2, -0.15) is 0 Å². The molecule has 0 spiro atoms. The zero-order chi connectivity index (χ0) is 11.6. The molecule has 0 bridgehead atoms. The molecule has 1 N–H and O–H groups in total. The summed E-state index contributed by atoms with van der Waals surface area (Å²) in [5.74, 6) is -1.25. The van der Waals surface area contributed by atoms with Crippen molar-refractivity contribution in [3.8, 4) is 0 Å². The minimum absolute atomic E-state index is 0.247. The molecule has 1 amide bonds. The van der Waals surface area contributed by atoms with E-state index in [1.54, 1.807) is 6.07 Å². The summed E-state index contributed by atoms with van der Waals surface area (Å²) in [5.41, 5.74) is 1.01. The van der Waals surface area contributed by atoms with E-state index in [0.29, 0.717) is 4.88 Å². The summed E-state index contributed by atoms with van der Waals surface area (Å²) in [7, 11) is 1.50. The Kier molecular flexibility index (Phi) is 3.47. The Morgan fingerprint density at radius 2 is 2.13 bits per heavy atom. The highest BCUT2D eigenvalue weighted by molar-refractivity contribution is 7.12. The molecular weight excluding hydrogens is 214 g/mol. The average Bonchev–Trinajstić information content (AvgIpc) is 2.61. The first-order valence-electron chi connectivity index (χ1n) is 4.48. The number of likely N-dealkylation sites (N-methyl/N-ethyl adjacent to an activating group) is 1. The highest BCUT2D eigenvalue weighted by Crippen LogP contribution is 2.16. The van der Waals surface area contributed by atoms with Crippen molar-refractivity contribution in [2.45, 2.75) is 19.9 Å². The Bertz CT molecular complexity index is 386. The maximum absolute atomic E-state index is 11.8. The molecule has 0 saturated carbocycles. The monoisotopic (exact) mass is 227 g/mol. The maximum Gasteiger partial charge on any atom is 0.326 e. The molecule has 0 saturated heterocycles. The number of carbonyl (C=O) groups excluding carboxylic acids is 1. The third-order valence-electron chi connectivity index (χ3n) is 2.20. The van der Waals surface area contributed by atoms with Crippen molar-refractivity contribution in [3.05, 3.63) is 21.9 Å². The number of thiophene rings is 1. The molecule has 1 aromatic heterocycles. The first-order valence-corrected chi connectivity index (χ1v) is 5.36. The number of aryl methyl sites for hydroxylation is 1. The lowest BCUT2D eigenvalue weighted by Crippen LogP contribution is -2.39. The lowest BCUT2D eigenvalue weighted by Gasteiger charge is -2.20. The van der Waals surface area contributed by atoms with Gasteiger partial charge in [-0.05, 0) is 30.9 Å². The van der Waals surface area contributed by atoms with Crippen LogP contribution < -0.4 is 0 Å². The molecule has 0 aromatic carbocycles. The minimum atomic E-state index is -1.00. The van der Waals surface area contributed by atoms with Gasteiger partial charge in [0.05, 0.1) is 4.88 Å². The predicted molar refractivity (Wildman–Crippen MR) is 58.2 cm³/mol. The molecule has 82 valence electrons. The van der Waals surface area contributed by atoms with Gasteiger partial charge in [-0.15, -0.1) is 11.3 Å². The second-order valence-electron chi connectivity index (χ2n) is 3.42. The van der Waals surface area contributed by atoms with Crippen molar-refractivity contribution >= 4 is 23.2 Å². The smallest absolute Gasteiger partial charge is 0.326 e. The summed E-state index contributed by atoms with van der Waals surface area (Å²) in [4.78, 5) is 24.3. The summed E-state index contributed by atoms with van der Waals surface area (Å²) in [6, 6.07) is 0.956. The van der Waals surface area contributed by atoms with Gasteiger partial charge in [-0.3, -0.25) is 4.79 Å². The third kappa shape index (κ3) is 2.56. The van der Waals surface area contributed by atoms with Crippen molar-refractivity contribution in [2.75, 3.05) is 7.05 Å². The van der Waals surface area contributed by atoms with Gasteiger partial charge < -0.3 is 10.0 Å². The van der Waals surface area contributed by atoms with Crippen LogP contribution >= 0.6 is 11.3 Å². The third-order valence-corrected chi connectivity index (χ3v) is 3.24. The molecule has 5 heteroatoms. The van der Waals surface area contributed by atoms with E-state index in [-0.39, 0.29) is 5.91 Å². The molecule has 0 fully saturated rings. The van der Waals surface area contributed by atoms with Gasteiger partial charge in [-0.1, -0.05) is 0 Å². The number of carboxylic acids is 1. The van der Waals surface area contributed by atoms with Crippen molar-refractivity contribution in [1.82, 2.24) is 4.90 Å². The Morgan fingerprint density at radius 3 is 2.53 bits per heavy atom. The van der Waals surface area contributed by atoms with Gasteiger partial charge in [0.15, 0.2) is 0 Å². The average molecular weight is 227 g/mol. The molecule has 0 aliphatic rings. The molecule has 1 rings (SSSR count). The van der Waals surface area contributed by atoms with Crippen LogP contribution in [0.4, 0.5) is 0 Å². The van der Waals surface area contributed by atoms with Gasteiger partial charge in [-0.25, -0.2) is 4.79 Å². The van der Waals surface area contributed by atoms with Gasteiger partial charge in [0.2, 0.25) is 0 Å². The van der Waals surface area contributed by atoms with Gasteiger partial charge in [0.25, 0.3) is 5.91 Å². The van der Waals surface area contributed by atoms with Crippen LogP contribution in [0.3, 0.4) is 0 Å². The van der Waals surface area contributed by atoms with Crippen LogP contribution in [0.5, 0.6) is 0 Å². The molecule has 0 aliphatic heterocycles. The van der Waals surface area contributed by atoms with E-state index in [9.17, 15) is 9.59 Å². The molecule has 1 atom stereocenters. The number of rotatable bonds is 3. The number of nitrogens with zero attached hydrogens (tertiary/aromatic N) is 1. The summed E-state index contributed by atoms with van der Waals surface area (Å²) in [5, 5.41) is 10.6. The normalized spacial score (nSPS) is 12.2. The maximum atomic E-state index is 11.8. The molecule has 0 radical (unpaired) electrons. The van der Waals surface area contributed by atoms with E-state index >= 15 is 0 Å². The second-order valence-corrected chi connectivity index (χ2v) is 4.33. The number of carboxylic acid groups (broad SMARTS) is 1. The van der Waals surface area contributed by atoms with Crippen LogP contribution in [0.15, 0.2) is 11.4 Å². The highest BCUT2D eigenvalue weighted by Gasteiger charge is 2.23. The van der Waals surface area contributed by atoms with E-state index in [1.807, 2.05) is 12.3 Å². The van der Waals surface area contributed by atoms with Crippen molar-refractivity contribution in [3.63, 3.8) is 0 Å². The zero-order valence-corrected chi connectivity index (χ0v) is 9.67. The summed E-state index contributed by atoms with van der Waals surface area (Å²) in [6.07, 6.45) is 0. The van der Waals surface area contributed by atoms with E-state index in [1.165, 1.54) is 30.2 Å². The number of carbonyl (C=O) groups is 2. The standard InChI is InChI=1S/C10H13NO3S/c1-6-4-8(15-5-6)9(12)11(3)7(2)10(13)14/h4-5,7H,1-3H3,(H,13,14). The Labute approximate surface area is 92.1 Å². The number of hydrogen-bond donors (Lipinski definition) is 1. The fourth-order valence-corrected chi connectivity index (χ4v) is 1.94. The molecule has 1 unspecified atom stereocenters. The second kappa shape index (κ2) is 4.44. The number of hydrogen-bond acceptors (Lipinski definition) is 3. The molecule has 1 aromatic rings. The van der Waals surface area contributed by atoms with E-state index in [2.05, 4.69) is 0 Å². The molecule has 15 heavy (non-hydrogen) atoms. The van der Waals surface area contributed by atoms with Gasteiger partial charge in [0, 0.05) is 7.05 Å². The topological polar surface area (TPSA) is 57.6 Å². The highest BCUT2D eigenvalue weighted by atomic mass is 32.1. The Morgan fingerprint density at radius 1 is 1.53 bits per heavy atom. The van der Waals surface area contributed by atoms with Crippen molar-refractivity contribution in [2.24, 2.45) is 0 Å². The number of aliphatic carboxylic acids is 1. The molecular formula is C10H13NO3S. The van der Waals surface area contributed by atoms with Crippen LogP contribution in [0.2, 0.25) is 0 Å². The predicted octanol–water partition coefficient (Wildman–Crippen LogP) is 1.60. The van der Waals surface area contributed by atoms with Crippen LogP contribution in [0.1, 0.15) is 22.2 Å². The van der Waals surface area contributed by atoms with Crippen LogP contribution in [0.25, 0.3) is 0 Å². The van der Waals surface area contributed by atoms with Crippen molar-refractivity contribution < 1.29 is 14.7 Å². The first-order chi connectivity index (χ1) is 6.93. The van der Waals surface area contributed by atoms with Crippen LogP contribution in [0, 0.1) is 6.92 Å². The summed E-state index contributed by atoms with van der Waals surface area (Å²) < 4.78 is 0. The summed E-state index contributed by atoms with van der Waals surface area (Å²) >= 11 is 1.33. The van der Waals surface area contributed by atoms with Gasteiger partial charge >= 0.3 is 5.97 Å². The molecule has 1 heterocycles. The molecule has 4 nitrogen and oxygen atoms in total. The fourth-order valence-electron chi connectivity index (χ4n) is 1.06. The quantitative estimate of drug-likeness (QED) is 0.853. The van der Waals surface area contributed by atoms with E-state index < -0.39 is 12.0 Å². The Hall–Kier alpha value is -1.36. The first kappa shape index (κ1) is 11.7. The SMILES string of the molecule is Cc1csc(C(=O)N(C)C(C)C(=O)O)c1. The van der Waals surface area contributed by atoms with Crippen LogP contribution in [-0.4, -0.2) is 35.0 Å². The molecule has 0 aliphatic carbocycles. The minimum Gasteiger partial charge on any atom is -0.480 e. The van der Waals surface area contributed by atoms with E-state index in [0.717, 1.165) is 5.56 Å². The van der Waals surface area contributed by atoms with Crippen LogP contribution in [-0.2, 0) is 4.79 Å². The lowest BCUT2D eigenvalue weighted by molar-refractivity contribution is -0.141. The van der Waals surface area contributed by atoms with E-state index in [4.69, 9.17) is 5.11 Å². The Balaban J connectivity index is 2.81.